The van der Waals surface area contributed by atoms with Gasteiger partial charge in [-0.25, -0.2) is 0 Å². The molecule has 1 fully saturated rings. The van der Waals surface area contributed by atoms with Crippen LogP contribution in [0.3, 0.4) is 0 Å². The van der Waals surface area contributed by atoms with Gasteiger partial charge in [-0.1, -0.05) is 5.92 Å². The highest BCUT2D eigenvalue weighted by molar-refractivity contribution is 5.55. The van der Waals surface area contributed by atoms with E-state index in [1.54, 1.807) is 0 Å². The standard InChI is InChI=1S/C16H21N/c1-5-16(8-6-7-9-16)17-15-10-12(2)14(4)13(3)11-15/h1,10-11,17H,6-9H2,2-4H3. The average Bonchev–Trinajstić information content (AvgIpc) is 2.75. The number of nitrogens with one attached hydrogen (secondary N) is 1. The maximum atomic E-state index is 5.71. The van der Waals surface area contributed by atoms with Gasteiger partial charge in [0.15, 0.2) is 0 Å². The van der Waals surface area contributed by atoms with Gasteiger partial charge in [0.05, 0.1) is 5.54 Å². The van der Waals surface area contributed by atoms with Gasteiger partial charge >= 0.3 is 0 Å². The fourth-order valence-electron chi connectivity index (χ4n) is 2.67. The number of hydrogen-bond donors (Lipinski definition) is 1. The largest absolute Gasteiger partial charge is 0.369 e. The summed E-state index contributed by atoms with van der Waals surface area (Å²) in [6.07, 6.45) is 10.4. The molecule has 1 nitrogen and oxygen atoms in total. The molecule has 1 saturated carbocycles. The predicted molar refractivity (Wildman–Crippen MR) is 74.3 cm³/mol. The Kier molecular flexibility index (Phi) is 3.15. The second-order valence-electron chi connectivity index (χ2n) is 5.29. The summed E-state index contributed by atoms with van der Waals surface area (Å²) in [6.45, 7) is 6.48. The molecule has 0 aliphatic heterocycles. The Morgan fingerprint density at radius 2 is 1.65 bits per heavy atom. The minimum Gasteiger partial charge on any atom is -0.369 e. The van der Waals surface area contributed by atoms with Crippen LogP contribution in [0.15, 0.2) is 12.1 Å². The van der Waals surface area contributed by atoms with Crippen molar-refractivity contribution in [3.05, 3.63) is 28.8 Å². The molecule has 0 saturated heterocycles. The molecule has 0 atom stereocenters. The number of aryl methyl sites for hydroxylation is 2. The van der Waals surface area contributed by atoms with Gasteiger partial charge in [-0.3, -0.25) is 0 Å². The first-order valence-corrected chi connectivity index (χ1v) is 6.40. The van der Waals surface area contributed by atoms with Gasteiger partial charge in [-0.05, 0) is 75.3 Å². The molecule has 1 heteroatoms. The minimum atomic E-state index is -0.103. The van der Waals surface area contributed by atoms with Crippen molar-refractivity contribution in [1.29, 1.82) is 0 Å². The molecule has 0 heterocycles. The maximum absolute atomic E-state index is 5.71. The molecule has 90 valence electrons. The van der Waals surface area contributed by atoms with Gasteiger partial charge in [-0.15, -0.1) is 6.42 Å². The van der Waals surface area contributed by atoms with E-state index in [0.29, 0.717) is 0 Å². The number of terminal acetylenes is 1. The van der Waals surface area contributed by atoms with E-state index in [-0.39, 0.29) is 5.54 Å². The second-order valence-corrected chi connectivity index (χ2v) is 5.29. The second kappa shape index (κ2) is 4.45. The van der Waals surface area contributed by atoms with E-state index in [1.165, 1.54) is 35.2 Å². The third kappa shape index (κ3) is 2.31. The first-order chi connectivity index (χ1) is 8.06. The summed E-state index contributed by atoms with van der Waals surface area (Å²) in [6, 6.07) is 4.42. The highest BCUT2D eigenvalue weighted by atomic mass is 15.0. The van der Waals surface area contributed by atoms with Crippen molar-refractivity contribution in [2.24, 2.45) is 0 Å². The number of anilines is 1. The number of benzene rings is 1. The zero-order chi connectivity index (χ0) is 12.5. The van der Waals surface area contributed by atoms with Gasteiger partial charge in [0.2, 0.25) is 0 Å². The van der Waals surface area contributed by atoms with Crippen LogP contribution in [0.5, 0.6) is 0 Å². The van der Waals surface area contributed by atoms with Crippen molar-refractivity contribution < 1.29 is 0 Å². The summed E-state index contributed by atoms with van der Waals surface area (Å²) in [7, 11) is 0. The van der Waals surface area contributed by atoms with E-state index in [1.807, 2.05) is 0 Å². The summed E-state index contributed by atoms with van der Waals surface area (Å²) < 4.78 is 0. The van der Waals surface area contributed by atoms with E-state index >= 15 is 0 Å². The Hall–Kier alpha value is -1.42. The summed E-state index contributed by atoms with van der Waals surface area (Å²) in [5.74, 6) is 2.97. The van der Waals surface area contributed by atoms with Crippen LogP contribution in [-0.4, -0.2) is 5.54 Å². The lowest BCUT2D eigenvalue weighted by Gasteiger charge is -2.26. The Morgan fingerprint density at radius 1 is 1.12 bits per heavy atom. The van der Waals surface area contributed by atoms with Crippen LogP contribution in [0.2, 0.25) is 0 Å². The zero-order valence-electron chi connectivity index (χ0n) is 11.1. The van der Waals surface area contributed by atoms with Gasteiger partial charge in [0.1, 0.15) is 0 Å². The molecule has 1 N–H and O–H groups in total. The van der Waals surface area contributed by atoms with Crippen molar-refractivity contribution in [2.45, 2.75) is 52.0 Å². The zero-order valence-corrected chi connectivity index (χ0v) is 11.1. The first-order valence-electron chi connectivity index (χ1n) is 6.40. The molecule has 1 aliphatic carbocycles. The highest BCUT2D eigenvalue weighted by Gasteiger charge is 2.31. The average molecular weight is 227 g/mol. The van der Waals surface area contributed by atoms with Gasteiger partial charge < -0.3 is 5.32 Å². The number of hydrogen-bond acceptors (Lipinski definition) is 1. The Labute approximate surface area is 105 Å². The Bertz CT molecular complexity index is 436. The van der Waals surface area contributed by atoms with Crippen LogP contribution in [0, 0.1) is 33.1 Å². The molecular weight excluding hydrogens is 206 g/mol. The molecule has 17 heavy (non-hydrogen) atoms. The van der Waals surface area contributed by atoms with Crippen molar-refractivity contribution in [1.82, 2.24) is 0 Å². The fourth-order valence-corrected chi connectivity index (χ4v) is 2.67. The van der Waals surface area contributed by atoms with E-state index in [4.69, 9.17) is 6.42 Å². The van der Waals surface area contributed by atoms with E-state index in [2.05, 4.69) is 44.1 Å². The van der Waals surface area contributed by atoms with Crippen LogP contribution in [0.1, 0.15) is 42.4 Å². The third-order valence-corrected chi connectivity index (χ3v) is 4.04. The minimum absolute atomic E-state index is 0.103. The monoisotopic (exact) mass is 227 g/mol. The van der Waals surface area contributed by atoms with Gasteiger partial charge in [0, 0.05) is 5.69 Å². The molecule has 1 aliphatic rings. The summed E-state index contributed by atoms with van der Waals surface area (Å²) >= 11 is 0. The van der Waals surface area contributed by atoms with Crippen LogP contribution in [0.25, 0.3) is 0 Å². The van der Waals surface area contributed by atoms with E-state index in [9.17, 15) is 0 Å². The lowest BCUT2D eigenvalue weighted by atomic mass is 9.97. The molecule has 0 unspecified atom stereocenters. The summed E-state index contributed by atoms with van der Waals surface area (Å²) in [5.41, 5.74) is 5.10. The third-order valence-electron chi connectivity index (χ3n) is 4.04. The molecule has 2 rings (SSSR count). The maximum Gasteiger partial charge on any atom is 0.0984 e. The van der Waals surface area contributed by atoms with Gasteiger partial charge in [0.25, 0.3) is 0 Å². The van der Waals surface area contributed by atoms with Crippen LogP contribution < -0.4 is 5.32 Å². The molecule has 0 amide bonds. The molecule has 1 aromatic carbocycles. The van der Waals surface area contributed by atoms with Crippen molar-refractivity contribution in [3.8, 4) is 12.3 Å². The Balaban J connectivity index is 2.27. The highest BCUT2D eigenvalue weighted by Crippen LogP contribution is 2.33. The van der Waals surface area contributed by atoms with Crippen LogP contribution in [0.4, 0.5) is 5.69 Å². The predicted octanol–water partition coefficient (Wildman–Crippen LogP) is 3.97. The molecule has 0 radical (unpaired) electrons. The quantitative estimate of drug-likeness (QED) is 0.754. The summed E-state index contributed by atoms with van der Waals surface area (Å²) in [4.78, 5) is 0. The SMILES string of the molecule is C#CC1(Nc2cc(C)c(C)c(C)c2)CCCC1. The Morgan fingerprint density at radius 3 is 2.12 bits per heavy atom. The lowest BCUT2D eigenvalue weighted by Crippen LogP contribution is -2.33. The van der Waals surface area contributed by atoms with E-state index < -0.39 is 0 Å². The molecular formula is C16H21N. The normalized spacial score (nSPS) is 17.8. The molecule has 1 aromatic rings. The van der Waals surface area contributed by atoms with Crippen molar-refractivity contribution >= 4 is 5.69 Å². The molecule has 0 aromatic heterocycles. The van der Waals surface area contributed by atoms with Crippen LogP contribution >= 0.6 is 0 Å². The first kappa shape index (κ1) is 12.0. The van der Waals surface area contributed by atoms with E-state index in [0.717, 1.165) is 12.8 Å². The smallest absolute Gasteiger partial charge is 0.0984 e. The topological polar surface area (TPSA) is 12.0 Å². The number of rotatable bonds is 2. The summed E-state index contributed by atoms with van der Waals surface area (Å²) in [5, 5.41) is 3.58. The molecule has 0 bridgehead atoms. The fraction of sp³-hybridized carbons (Fsp3) is 0.500. The van der Waals surface area contributed by atoms with Crippen molar-refractivity contribution in [2.75, 3.05) is 5.32 Å². The van der Waals surface area contributed by atoms with Crippen molar-refractivity contribution in [3.63, 3.8) is 0 Å². The van der Waals surface area contributed by atoms with Crippen LogP contribution in [-0.2, 0) is 0 Å². The molecule has 0 spiro atoms. The lowest BCUT2D eigenvalue weighted by molar-refractivity contribution is 0.622. The van der Waals surface area contributed by atoms with Gasteiger partial charge in [-0.2, -0.15) is 0 Å².